The molecular formula is C14H19N3O4. The van der Waals surface area contributed by atoms with Gasteiger partial charge in [-0.05, 0) is 25.3 Å². The average molecular weight is 293 g/mol. The molecule has 21 heavy (non-hydrogen) atoms. The number of carboxylic acid groups (broad SMARTS) is 1. The molecule has 2 N–H and O–H groups in total. The number of nitrogens with zero attached hydrogens (tertiary/aromatic N) is 2. The molecule has 1 amide bonds. The van der Waals surface area contributed by atoms with Crippen LogP contribution in [0.4, 0.5) is 0 Å². The predicted octanol–water partition coefficient (Wildman–Crippen LogP) is 0.638. The van der Waals surface area contributed by atoms with Gasteiger partial charge >= 0.3 is 5.97 Å². The highest BCUT2D eigenvalue weighted by atomic mass is 16.4. The molecule has 1 aliphatic rings. The minimum Gasteiger partial charge on any atom is -0.481 e. The lowest BCUT2D eigenvalue weighted by atomic mass is 10.1. The van der Waals surface area contributed by atoms with Crippen molar-refractivity contribution in [2.24, 2.45) is 5.41 Å². The van der Waals surface area contributed by atoms with E-state index >= 15 is 0 Å². The molecule has 2 rings (SSSR count). The summed E-state index contributed by atoms with van der Waals surface area (Å²) in [4.78, 5) is 34.6. The number of aliphatic carboxylic acids is 1. The molecule has 0 radical (unpaired) electrons. The van der Waals surface area contributed by atoms with Crippen molar-refractivity contribution in [1.29, 1.82) is 0 Å². The molecule has 0 unspecified atom stereocenters. The van der Waals surface area contributed by atoms with E-state index in [9.17, 15) is 14.4 Å². The van der Waals surface area contributed by atoms with Crippen LogP contribution in [-0.4, -0.2) is 33.3 Å². The van der Waals surface area contributed by atoms with Gasteiger partial charge in [-0.25, -0.2) is 4.68 Å². The Balaban J connectivity index is 2.02. The lowest BCUT2D eigenvalue weighted by Crippen LogP contribution is -2.35. The van der Waals surface area contributed by atoms with E-state index < -0.39 is 17.3 Å². The lowest BCUT2D eigenvalue weighted by molar-refractivity contribution is -0.143. The Morgan fingerprint density at radius 1 is 1.43 bits per heavy atom. The van der Waals surface area contributed by atoms with Crippen LogP contribution in [0.15, 0.2) is 16.9 Å². The number of hydrogen-bond donors (Lipinski definition) is 2. The Kier molecular flexibility index (Phi) is 4.40. The number of aryl methyl sites for hydroxylation is 1. The first kappa shape index (κ1) is 15.2. The van der Waals surface area contributed by atoms with Crippen LogP contribution in [0.1, 0.15) is 43.1 Å². The normalized spacial score (nSPS) is 15.5. The van der Waals surface area contributed by atoms with E-state index in [0.29, 0.717) is 19.4 Å². The van der Waals surface area contributed by atoms with Crippen LogP contribution in [0, 0.1) is 5.41 Å². The van der Waals surface area contributed by atoms with E-state index in [1.54, 1.807) is 0 Å². The van der Waals surface area contributed by atoms with Gasteiger partial charge in [-0.1, -0.05) is 13.3 Å². The third-order valence-corrected chi connectivity index (χ3v) is 3.72. The fraction of sp³-hybridized carbons (Fsp3) is 0.571. The topological polar surface area (TPSA) is 101 Å². The summed E-state index contributed by atoms with van der Waals surface area (Å²) in [6, 6.07) is 2.67. The van der Waals surface area contributed by atoms with Gasteiger partial charge in [0.15, 0.2) is 0 Å². The molecule has 0 aliphatic heterocycles. The van der Waals surface area contributed by atoms with E-state index in [-0.39, 0.29) is 17.8 Å². The fourth-order valence-electron chi connectivity index (χ4n) is 2.00. The second-order valence-corrected chi connectivity index (χ2v) is 5.40. The van der Waals surface area contributed by atoms with Crippen molar-refractivity contribution in [3.63, 3.8) is 0 Å². The summed E-state index contributed by atoms with van der Waals surface area (Å²) in [5.74, 6) is -1.34. The molecule has 0 bridgehead atoms. The maximum Gasteiger partial charge on any atom is 0.311 e. The van der Waals surface area contributed by atoms with Gasteiger partial charge in [0, 0.05) is 19.2 Å². The monoisotopic (exact) mass is 293 g/mol. The molecule has 0 spiro atoms. The number of nitrogens with one attached hydrogen (secondary N) is 1. The zero-order valence-corrected chi connectivity index (χ0v) is 12.0. The van der Waals surface area contributed by atoms with Crippen molar-refractivity contribution >= 4 is 11.9 Å². The Morgan fingerprint density at radius 2 is 2.14 bits per heavy atom. The number of carbonyl (C=O) groups excluding carboxylic acids is 1. The Hall–Kier alpha value is -2.18. The lowest BCUT2D eigenvalue weighted by Gasteiger charge is -2.11. The highest BCUT2D eigenvalue weighted by molar-refractivity contribution is 5.92. The third kappa shape index (κ3) is 3.48. The van der Waals surface area contributed by atoms with Crippen LogP contribution in [0.25, 0.3) is 0 Å². The largest absolute Gasteiger partial charge is 0.481 e. The second-order valence-electron chi connectivity index (χ2n) is 5.40. The quantitative estimate of drug-likeness (QED) is 0.768. The summed E-state index contributed by atoms with van der Waals surface area (Å²) >= 11 is 0. The second kappa shape index (κ2) is 6.07. The van der Waals surface area contributed by atoms with Gasteiger partial charge in [0.25, 0.3) is 11.5 Å². The van der Waals surface area contributed by atoms with Crippen molar-refractivity contribution in [2.45, 2.75) is 39.2 Å². The van der Waals surface area contributed by atoms with Gasteiger partial charge in [-0.3, -0.25) is 14.4 Å². The van der Waals surface area contributed by atoms with Crippen LogP contribution in [0.5, 0.6) is 0 Å². The van der Waals surface area contributed by atoms with Gasteiger partial charge in [-0.2, -0.15) is 5.10 Å². The first-order valence-corrected chi connectivity index (χ1v) is 7.08. The van der Waals surface area contributed by atoms with Gasteiger partial charge in [0.1, 0.15) is 5.69 Å². The minimum absolute atomic E-state index is 0.0942. The molecule has 7 heteroatoms. The van der Waals surface area contributed by atoms with E-state index in [2.05, 4.69) is 10.4 Å². The Morgan fingerprint density at radius 3 is 2.71 bits per heavy atom. The van der Waals surface area contributed by atoms with Crippen LogP contribution in [-0.2, 0) is 11.3 Å². The van der Waals surface area contributed by atoms with Gasteiger partial charge in [0.05, 0.1) is 5.41 Å². The maximum absolute atomic E-state index is 12.0. The summed E-state index contributed by atoms with van der Waals surface area (Å²) in [5, 5.41) is 15.7. The number of aromatic nitrogens is 2. The van der Waals surface area contributed by atoms with Crippen molar-refractivity contribution in [2.75, 3.05) is 6.54 Å². The molecule has 1 aromatic heterocycles. The summed E-state index contributed by atoms with van der Waals surface area (Å²) in [6.07, 6.45) is 2.88. The van der Waals surface area contributed by atoms with Crippen molar-refractivity contribution in [1.82, 2.24) is 15.1 Å². The molecule has 1 fully saturated rings. The van der Waals surface area contributed by atoms with E-state index in [4.69, 9.17) is 5.11 Å². The minimum atomic E-state index is -0.885. The fourth-order valence-corrected chi connectivity index (χ4v) is 2.00. The molecule has 0 saturated heterocycles. The molecule has 114 valence electrons. The summed E-state index contributed by atoms with van der Waals surface area (Å²) in [7, 11) is 0. The number of carbonyl (C=O) groups is 2. The van der Waals surface area contributed by atoms with Crippen LogP contribution in [0.2, 0.25) is 0 Å². The molecule has 7 nitrogen and oxygen atoms in total. The van der Waals surface area contributed by atoms with Crippen LogP contribution < -0.4 is 10.9 Å². The first-order valence-electron chi connectivity index (χ1n) is 7.08. The van der Waals surface area contributed by atoms with Crippen LogP contribution >= 0.6 is 0 Å². The van der Waals surface area contributed by atoms with E-state index in [0.717, 1.165) is 12.8 Å². The third-order valence-electron chi connectivity index (χ3n) is 3.72. The SMILES string of the molecule is CCCCn1nc(C(=O)NCC2(C(=O)O)CC2)ccc1=O. The summed E-state index contributed by atoms with van der Waals surface area (Å²) in [5.41, 5.74) is -0.928. The van der Waals surface area contributed by atoms with Crippen molar-refractivity contribution < 1.29 is 14.7 Å². The van der Waals surface area contributed by atoms with E-state index in [1.807, 2.05) is 6.92 Å². The van der Waals surface area contributed by atoms with Gasteiger partial charge in [-0.15, -0.1) is 0 Å². The molecule has 0 atom stereocenters. The highest BCUT2D eigenvalue weighted by Crippen LogP contribution is 2.45. The molecular weight excluding hydrogens is 274 g/mol. The Labute approximate surface area is 122 Å². The number of carboxylic acids is 1. The molecule has 1 aliphatic carbocycles. The highest BCUT2D eigenvalue weighted by Gasteiger charge is 2.50. The molecule has 1 heterocycles. The number of amides is 1. The maximum atomic E-state index is 12.0. The zero-order chi connectivity index (χ0) is 15.5. The number of rotatable bonds is 7. The van der Waals surface area contributed by atoms with Crippen molar-refractivity contribution in [3.8, 4) is 0 Å². The number of unbranched alkanes of at least 4 members (excludes halogenated alkanes) is 1. The zero-order valence-electron chi connectivity index (χ0n) is 12.0. The average Bonchev–Trinajstić information content (AvgIpc) is 3.25. The smallest absolute Gasteiger partial charge is 0.311 e. The summed E-state index contributed by atoms with van der Waals surface area (Å²) < 4.78 is 1.27. The van der Waals surface area contributed by atoms with Crippen molar-refractivity contribution in [3.05, 3.63) is 28.2 Å². The first-order chi connectivity index (χ1) is 9.98. The molecule has 1 saturated carbocycles. The summed E-state index contributed by atoms with van der Waals surface area (Å²) in [6.45, 7) is 2.56. The Bertz CT molecular complexity index is 604. The van der Waals surface area contributed by atoms with E-state index in [1.165, 1.54) is 16.8 Å². The number of hydrogen-bond acceptors (Lipinski definition) is 4. The van der Waals surface area contributed by atoms with Gasteiger partial charge in [0.2, 0.25) is 0 Å². The standard InChI is InChI=1S/C14H19N3O4/c1-2-3-8-17-11(18)5-4-10(16-17)12(19)15-9-14(6-7-14)13(20)21/h4-5H,2-3,6-9H2,1H3,(H,15,19)(H,20,21). The predicted molar refractivity (Wildman–Crippen MR) is 75.0 cm³/mol. The van der Waals surface area contributed by atoms with Crippen LogP contribution in [0.3, 0.4) is 0 Å². The van der Waals surface area contributed by atoms with Gasteiger partial charge < -0.3 is 10.4 Å². The molecule has 1 aromatic rings. The molecule has 0 aromatic carbocycles.